The number of nitrogens with zero attached hydrogens (tertiary/aromatic N) is 1. The predicted molar refractivity (Wildman–Crippen MR) is 150 cm³/mol. The fourth-order valence-corrected chi connectivity index (χ4v) is 4.76. The lowest BCUT2D eigenvalue weighted by molar-refractivity contribution is -0.126. The second-order valence-electron chi connectivity index (χ2n) is 8.99. The number of rotatable bonds is 12. The second-order valence-corrected chi connectivity index (χ2v) is 9.91. The molecule has 0 bridgehead atoms. The van der Waals surface area contributed by atoms with E-state index in [1.165, 1.54) is 15.8 Å². The van der Waals surface area contributed by atoms with Crippen LogP contribution in [0.1, 0.15) is 18.1 Å². The smallest absolute Gasteiger partial charge is 0.322 e. The monoisotopic (exact) mass is 576 g/mol. The third-order valence-electron chi connectivity index (χ3n) is 6.27. The quantitative estimate of drug-likeness (QED) is 0.126. The highest BCUT2D eigenvalue weighted by molar-refractivity contribution is 9.10. The fourth-order valence-electron chi connectivity index (χ4n) is 4.49. The number of carbonyl (C=O) groups is 3. The van der Waals surface area contributed by atoms with Gasteiger partial charge in [0, 0.05) is 34.5 Å². The Labute approximate surface area is 229 Å². The third kappa shape index (κ3) is 6.06. The zero-order valence-corrected chi connectivity index (χ0v) is 22.6. The number of hydrogen-bond donors (Lipinski definition) is 3. The highest BCUT2D eigenvalue weighted by Crippen LogP contribution is 2.28. The lowest BCUT2D eigenvalue weighted by Gasteiger charge is -2.31. The first kappa shape index (κ1) is 26.9. The van der Waals surface area contributed by atoms with Crippen molar-refractivity contribution in [2.45, 2.75) is 18.9 Å². The number of hydrogen-bond acceptors (Lipinski definition) is 4. The van der Waals surface area contributed by atoms with Gasteiger partial charge in [-0.15, -0.1) is 0 Å². The van der Waals surface area contributed by atoms with Gasteiger partial charge in [0.25, 0.3) is 5.91 Å². The summed E-state index contributed by atoms with van der Waals surface area (Å²) in [4.78, 5) is 41.6. The number of fused-ring (bicyclic) bond motifs is 1. The zero-order chi connectivity index (χ0) is 27.1. The summed E-state index contributed by atoms with van der Waals surface area (Å²) in [5, 5.41) is 6.16. The van der Waals surface area contributed by atoms with Crippen LogP contribution in [0, 0.1) is 0 Å². The molecule has 9 heteroatoms. The molecule has 1 fully saturated rings. The van der Waals surface area contributed by atoms with Crippen molar-refractivity contribution in [1.29, 1.82) is 0 Å². The number of para-hydroxylation sites is 1. The molecule has 0 aliphatic carbocycles. The number of carbonyl (C=O) groups excluding carboxylic acids is 3. The molecule has 1 aromatic heterocycles. The molecule has 0 radical (unpaired) electrons. The average molecular weight is 577 g/mol. The number of urea groups is 1. The summed E-state index contributed by atoms with van der Waals surface area (Å²) in [6.45, 7) is 6.51. The van der Waals surface area contributed by atoms with Gasteiger partial charge in [0.1, 0.15) is 5.76 Å². The summed E-state index contributed by atoms with van der Waals surface area (Å²) >= 11 is 3.38. The Kier molecular flexibility index (Phi) is 8.48. The van der Waals surface area contributed by atoms with Gasteiger partial charge in [-0.3, -0.25) is 14.9 Å². The minimum Gasteiger partial charge on any atom is -0.493 e. The van der Waals surface area contributed by atoms with E-state index in [1.54, 1.807) is 30.3 Å². The lowest BCUT2D eigenvalue weighted by Crippen LogP contribution is -2.52. The number of ether oxygens (including phenoxy) is 1. The summed E-state index contributed by atoms with van der Waals surface area (Å²) in [5.41, 5.74) is 2.01. The molecule has 3 N–H and O–H groups in total. The molecule has 2 heterocycles. The molecule has 8 nitrogen and oxygen atoms in total. The molecular formula is C29H29BrN4O4. The topological polar surface area (TPSA) is 104 Å². The van der Waals surface area contributed by atoms with Crippen molar-refractivity contribution in [3.63, 3.8) is 0 Å². The molecule has 4 rings (SSSR count). The van der Waals surface area contributed by atoms with Crippen LogP contribution in [0.4, 0.5) is 4.79 Å². The van der Waals surface area contributed by atoms with E-state index >= 15 is 0 Å². The van der Waals surface area contributed by atoms with Crippen LogP contribution in [-0.2, 0) is 26.3 Å². The van der Waals surface area contributed by atoms with Gasteiger partial charge in [0.05, 0.1) is 13.2 Å². The number of allylic oxidation sites excluding steroid dienone is 2. The van der Waals surface area contributed by atoms with Crippen molar-refractivity contribution in [2.75, 3.05) is 19.7 Å². The molecule has 1 saturated heterocycles. The highest BCUT2D eigenvalue weighted by Gasteiger charge is 2.48. The molecule has 0 saturated carbocycles. The Balaban J connectivity index is 1.44. The van der Waals surface area contributed by atoms with Gasteiger partial charge in [-0.05, 0) is 54.0 Å². The Bertz CT molecular complexity index is 1410. The first-order chi connectivity index (χ1) is 18.3. The van der Waals surface area contributed by atoms with Gasteiger partial charge in [-0.1, -0.05) is 58.9 Å². The van der Waals surface area contributed by atoms with Crippen LogP contribution in [0.15, 0.2) is 95.3 Å². The van der Waals surface area contributed by atoms with E-state index in [0.717, 1.165) is 16.4 Å². The van der Waals surface area contributed by atoms with Crippen molar-refractivity contribution in [1.82, 2.24) is 20.5 Å². The molecule has 0 spiro atoms. The highest BCUT2D eigenvalue weighted by atomic mass is 79.9. The molecule has 196 valence electrons. The molecule has 38 heavy (non-hydrogen) atoms. The SMILES string of the molecule is C=C(/C=C(\C=C/C)OCCc1c[nH]c2ccccc12)CN(C=O)CC1(c2ccc(Br)cc2)NC(=O)NC1=O. The van der Waals surface area contributed by atoms with Crippen molar-refractivity contribution in [3.8, 4) is 0 Å². The fraction of sp³-hybridized carbons (Fsp3) is 0.207. The maximum absolute atomic E-state index is 12.9. The molecule has 2 aromatic carbocycles. The number of halogens is 1. The number of nitrogens with one attached hydrogen (secondary N) is 3. The Morgan fingerprint density at radius 1 is 1.16 bits per heavy atom. The van der Waals surface area contributed by atoms with Gasteiger partial charge in [0.15, 0.2) is 5.54 Å². The molecule has 1 unspecified atom stereocenters. The Morgan fingerprint density at radius 3 is 2.61 bits per heavy atom. The maximum Gasteiger partial charge on any atom is 0.322 e. The van der Waals surface area contributed by atoms with Crippen LogP contribution in [0.2, 0.25) is 0 Å². The van der Waals surface area contributed by atoms with Crippen LogP contribution in [0.25, 0.3) is 10.9 Å². The number of amides is 4. The summed E-state index contributed by atoms with van der Waals surface area (Å²) in [6.07, 6.45) is 8.82. The molecule has 3 aromatic rings. The molecule has 1 aliphatic heterocycles. The lowest BCUT2D eigenvalue weighted by atomic mass is 9.89. The Hall–Kier alpha value is -4.11. The first-order valence-corrected chi connectivity index (χ1v) is 12.9. The average Bonchev–Trinajstić information content (AvgIpc) is 3.44. The van der Waals surface area contributed by atoms with Gasteiger partial charge in [-0.2, -0.15) is 0 Å². The number of imide groups is 1. The van der Waals surface area contributed by atoms with E-state index < -0.39 is 17.5 Å². The van der Waals surface area contributed by atoms with Crippen LogP contribution in [0.3, 0.4) is 0 Å². The van der Waals surface area contributed by atoms with E-state index in [1.807, 2.05) is 43.5 Å². The number of H-pyrrole nitrogens is 1. The van der Waals surface area contributed by atoms with Gasteiger partial charge < -0.3 is 19.9 Å². The second kappa shape index (κ2) is 12.0. The molecular weight excluding hydrogens is 548 g/mol. The van der Waals surface area contributed by atoms with Crippen molar-refractivity contribution < 1.29 is 19.1 Å². The van der Waals surface area contributed by atoms with Gasteiger partial charge >= 0.3 is 6.03 Å². The summed E-state index contributed by atoms with van der Waals surface area (Å²) in [7, 11) is 0. The maximum atomic E-state index is 12.9. The number of aromatic amines is 1. The largest absolute Gasteiger partial charge is 0.493 e. The van der Waals surface area contributed by atoms with E-state index in [2.05, 4.69) is 44.2 Å². The van der Waals surface area contributed by atoms with Gasteiger partial charge in [0.2, 0.25) is 6.41 Å². The van der Waals surface area contributed by atoms with E-state index in [4.69, 9.17) is 4.74 Å². The van der Waals surface area contributed by atoms with Gasteiger partial charge in [-0.25, -0.2) is 4.79 Å². The van der Waals surface area contributed by atoms with E-state index in [-0.39, 0.29) is 13.1 Å². The summed E-state index contributed by atoms with van der Waals surface area (Å²) in [6, 6.07) is 14.5. The van der Waals surface area contributed by atoms with Crippen LogP contribution >= 0.6 is 15.9 Å². The predicted octanol–water partition coefficient (Wildman–Crippen LogP) is 4.70. The number of aromatic nitrogens is 1. The summed E-state index contributed by atoms with van der Waals surface area (Å²) in [5.74, 6) is 0.0887. The minimum absolute atomic E-state index is 0.0665. The van der Waals surface area contributed by atoms with Crippen molar-refractivity contribution in [2.24, 2.45) is 0 Å². The first-order valence-electron chi connectivity index (χ1n) is 12.1. The zero-order valence-electron chi connectivity index (χ0n) is 21.0. The van der Waals surface area contributed by atoms with E-state index in [9.17, 15) is 14.4 Å². The summed E-state index contributed by atoms with van der Waals surface area (Å²) < 4.78 is 6.85. The normalized spacial score (nSPS) is 17.5. The van der Waals surface area contributed by atoms with Crippen molar-refractivity contribution in [3.05, 3.63) is 106 Å². The Morgan fingerprint density at radius 2 is 1.92 bits per heavy atom. The van der Waals surface area contributed by atoms with Crippen LogP contribution in [0.5, 0.6) is 0 Å². The van der Waals surface area contributed by atoms with E-state index in [0.29, 0.717) is 29.9 Å². The third-order valence-corrected chi connectivity index (χ3v) is 6.80. The minimum atomic E-state index is -1.41. The molecule has 4 amide bonds. The standard InChI is InChI=1S/C29H29BrN4O4/c1-3-6-24(38-14-13-21-16-31-26-8-5-4-7-25(21)26)15-20(2)17-34(19-35)18-29(27(36)32-28(37)33-29)22-9-11-23(30)12-10-22/h3-12,15-16,19,31H,2,13-14,17-18H2,1H3,(H2,32,33,36,37)/b6-3-,24-15+. The molecule has 1 aliphatic rings. The number of benzene rings is 2. The van der Waals surface area contributed by atoms with Crippen LogP contribution in [-0.4, -0.2) is 47.9 Å². The van der Waals surface area contributed by atoms with Crippen molar-refractivity contribution >= 4 is 45.2 Å². The molecule has 1 atom stereocenters. The van der Waals surface area contributed by atoms with Crippen LogP contribution < -0.4 is 10.6 Å².